The lowest BCUT2D eigenvalue weighted by Gasteiger charge is -2.19. The molecule has 0 spiro atoms. The second kappa shape index (κ2) is 4.66. The molecule has 1 aliphatic carbocycles. The van der Waals surface area contributed by atoms with Gasteiger partial charge in [-0.3, -0.25) is 0 Å². The van der Waals surface area contributed by atoms with Gasteiger partial charge in [-0.2, -0.15) is 0 Å². The molecule has 2 heteroatoms. The highest BCUT2D eigenvalue weighted by Crippen LogP contribution is 2.67. The summed E-state index contributed by atoms with van der Waals surface area (Å²) in [6.45, 7) is 17.0. The summed E-state index contributed by atoms with van der Waals surface area (Å²) >= 11 is 0. The van der Waals surface area contributed by atoms with Crippen molar-refractivity contribution < 1.29 is 0 Å². The van der Waals surface area contributed by atoms with Crippen molar-refractivity contribution in [1.82, 2.24) is 5.32 Å². The average Bonchev–Trinajstić information content (AvgIpc) is 2.53. The van der Waals surface area contributed by atoms with Crippen LogP contribution in [0.4, 0.5) is 0 Å². The van der Waals surface area contributed by atoms with Crippen molar-refractivity contribution in [3.8, 4) is 0 Å². The lowest BCUT2D eigenvalue weighted by atomic mass is 9.96. The fourth-order valence-electron chi connectivity index (χ4n) is 2.85. The highest BCUT2D eigenvalue weighted by atomic mass is 14.9. The first-order valence-corrected chi connectivity index (χ1v) is 6.66. The smallest absolute Gasteiger partial charge is 0.000588 e. The standard InChI is InChI=1S/C14H30N2/c1-10(2)11(7-15)8-16-9-12-13(3,4)14(12,5)6/h10-12,16H,7-9,15H2,1-6H3. The topological polar surface area (TPSA) is 38.0 Å². The summed E-state index contributed by atoms with van der Waals surface area (Å²) in [7, 11) is 0. The van der Waals surface area contributed by atoms with Gasteiger partial charge in [-0.25, -0.2) is 0 Å². The molecule has 0 amide bonds. The van der Waals surface area contributed by atoms with E-state index >= 15 is 0 Å². The Hall–Kier alpha value is -0.0800. The van der Waals surface area contributed by atoms with Crippen LogP contribution in [0.3, 0.4) is 0 Å². The first kappa shape index (κ1) is 14.0. The van der Waals surface area contributed by atoms with Crippen molar-refractivity contribution in [3.05, 3.63) is 0 Å². The summed E-state index contributed by atoms with van der Waals surface area (Å²) in [5, 5.41) is 3.61. The summed E-state index contributed by atoms with van der Waals surface area (Å²) in [5.41, 5.74) is 6.76. The molecule has 0 aromatic heterocycles. The Kier molecular flexibility index (Phi) is 4.07. The Labute approximate surface area is 101 Å². The summed E-state index contributed by atoms with van der Waals surface area (Å²) in [4.78, 5) is 0. The molecular formula is C14H30N2. The molecule has 0 aromatic rings. The molecule has 0 aliphatic heterocycles. The van der Waals surface area contributed by atoms with Gasteiger partial charge in [-0.15, -0.1) is 0 Å². The molecule has 2 nitrogen and oxygen atoms in total. The highest BCUT2D eigenvalue weighted by molar-refractivity contribution is 5.12. The van der Waals surface area contributed by atoms with Crippen LogP contribution in [-0.4, -0.2) is 19.6 Å². The molecule has 1 aliphatic rings. The quantitative estimate of drug-likeness (QED) is 0.730. The Balaban J connectivity index is 2.28. The van der Waals surface area contributed by atoms with E-state index in [4.69, 9.17) is 5.73 Å². The van der Waals surface area contributed by atoms with E-state index in [9.17, 15) is 0 Å². The van der Waals surface area contributed by atoms with Crippen LogP contribution < -0.4 is 11.1 Å². The van der Waals surface area contributed by atoms with E-state index < -0.39 is 0 Å². The van der Waals surface area contributed by atoms with Crippen LogP contribution in [0.2, 0.25) is 0 Å². The maximum Gasteiger partial charge on any atom is -0.000588 e. The third kappa shape index (κ3) is 2.43. The third-order valence-electron chi connectivity index (χ3n) is 5.32. The predicted molar refractivity (Wildman–Crippen MR) is 71.3 cm³/mol. The zero-order chi connectivity index (χ0) is 12.6. The van der Waals surface area contributed by atoms with E-state index in [2.05, 4.69) is 46.9 Å². The van der Waals surface area contributed by atoms with E-state index in [0.717, 1.165) is 25.6 Å². The van der Waals surface area contributed by atoms with Crippen molar-refractivity contribution >= 4 is 0 Å². The second-order valence-corrected chi connectivity index (χ2v) is 6.89. The summed E-state index contributed by atoms with van der Waals surface area (Å²) in [5.74, 6) is 2.10. The van der Waals surface area contributed by atoms with Gasteiger partial charge in [0, 0.05) is 0 Å². The Morgan fingerprint density at radius 3 is 1.94 bits per heavy atom. The zero-order valence-electron chi connectivity index (χ0n) is 11.9. The van der Waals surface area contributed by atoms with Gasteiger partial charge < -0.3 is 11.1 Å². The minimum absolute atomic E-state index is 0.496. The minimum atomic E-state index is 0.496. The van der Waals surface area contributed by atoms with E-state index in [1.165, 1.54) is 0 Å². The molecule has 96 valence electrons. The molecule has 0 saturated heterocycles. The molecule has 0 radical (unpaired) electrons. The van der Waals surface area contributed by atoms with E-state index in [1.54, 1.807) is 0 Å². The van der Waals surface area contributed by atoms with Crippen LogP contribution >= 0.6 is 0 Å². The summed E-state index contributed by atoms with van der Waals surface area (Å²) in [6, 6.07) is 0. The van der Waals surface area contributed by atoms with Crippen LogP contribution in [0.25, 0.3) is 0 Å². The number of rotatable bonds is 6. The van der Waals surface area contributed by atoms with Gasteiger partial charge in [-0.1, -0.05) is 41.5 Å². The van der Waals surface area contributed by atoms with Crippen LogP contribution in [-0.2, 0) is 0 Å². The summed E-state index contributed by atoms with van der Waals surface area (Å²) < 4.78 is 0. The van der Waals surface area contributed by atoms with Crippen molar-refractivity contribution in [3.63, 3.8) is 0 Å². The molecule has 0 heterocycles. The van der Waals surface area contributed by atoms with Crippen LogP contribution in [0.15, 0.2) is 0 Å². The van der Waals surface area contributed by atoms with Gasteiger partial charge >= 0.3 is 0 Å². The largest absolute Gasteiger partial charge is 0.330 e. The highest BCUT2D eigenvalue weighted by Gasteiger charge is 2.63. The van der Waals surface area contributed by atoms with Crippen LogP contribution in [0.5, 0.6) is 0 Å². The fourth-order valence-corrected chi connectivity index (χ4v) is 2.85. The Morgan fingerprint density at radius 2 is 1.62 bits per heavy atom. The molecule has 1 rings (SSSR count). The lowest BCUT2D eigenvalue weighted by Crippen LogP contribution is -2.33. The molecule has 1 atom stereocenters. The Bertz CT molecular complexity index is 217. The molecule has 1 saturated carbocycles. The molecule has 0 bridgehead atoms. The van der Waals surface area contributed by atoms with Gasteiger partial charge in [0.25, 0.3) is 0 Å². The van der Waals surface area contributed by atoms with Crippen molar-refractivity contribution in [2.75, 3.05) is 19.6 Å². The van der Waals surface area contributed by atoms with Gasteiger partial charge in [0.05, 0.1) is 0 Å². The minimum Gasteiger partial charge on any atom is -0.330 e. The SMILES string of the molecule is CC(C)C(CN)CNCC1C(C)(C)C1(C)C. The number of nitrogens with one attached hydrogen (secondary N) is 1. The fraction of sp³-hybridized carbons (Fsp3) is 1.00. The monoisotopic (exact) mass is 226 g/mol. The average molecular weight is 226 g/mol. The molecule has 1 fully saturated rings. The van der Waals surface area contributed by atoms with Gasteiger partial charge in [0.2, 0.25) is 0 Å². The first-order chi connectivity index (χ1) is 7.25. The number of hydrogen-bond donors (Lipinski definition) is 2. The zero-order valence-corrected chi connectivity index (χ0v) is 11.9. The van der Waals surface area contributed by atoms with E-state index in [-0.39, 0.29) is 0 Å². The van der Waals surface area contributed by atoms with Crippen LogP contribution in [0.1, 0.15) is 41.5 Å². The summed E-state index contributed by atoms with van der Waals surface area (Å²) in [6.07, 6.45) is 0. The maximum absolute atomic E-state index is 5.77. The second-order valence-electron chi connectivity index (χ2n) is 6.89. The van der Waals surface area contributed by atoms with E-state index in [1.807, 2.05) is 0 Å². The third-order valence-corrected chi connectivity index (χ3v) is 5.32. The molecular weight excluding hydrogens is 196 g/mol. The maximum atomic E-state index is 5.77. The van der Waals surface area contributed by atoms with Crippen molar-refractivity contribution in [1.29, 1.82) is 0 Å². The van der Waals surface area contributed by atoms with Gasteiger partial charge in [0.1, 0.15) is 0 Å². The van der Waals surface area contributed by atoms with Crippen molar-refractivity contribution in [2.24, 2.45) is 34.3 Å². The predicted octanol–water partition coefficient (Wildman–Crippen LogP) is 2.49. The molecule has 3 N–H and O–H groups in total. The first-order valence-electron chi connectivity index (χ1n) is 6.66. The van der Waals surface area contributed by atoms with Crippen LogP contribution in [0, 0.1) is 28.6 Å². The van der Waals surface area contributed by atoms with Crippen molar-refractivity contribution in [2.45, 2.75) is 41.5 Å². The lowest BCUT2D eigenvalue weighted by molar-refractivity contribution is 0.362. The van der Waals surface area contributed by atoms with Gasteiger partial charge in [0.15, 0.2) is 0 Å². The number of nitrogens with two attached hydrogens (primary N) is 1. The molecule has 16 heavy (non-hydrogen) atoms. The molecule has 0 aromatic carbocycles. The molecule has 1 unspecified atom stereocenters. The Morgan fingerprint density at radius 1 is 1.12 bits per heavy atom. The number of hydrogen-bond acceptors (Lipinski definition) is 2. The van der Waals surface area contributed by atoms with Gasteiger partial charge in [-0.05, 0) is 48.2 Å². The normalized spacial score (nSPS) is 24.8. The van der Waals surface area contributed by atoms with E-state index in [0.29, 0.717) is 22.7 Å².